The van der Waals surface area contributed by atoms with Crippen molar-refractivity contribution < 1.29 is 14.3 Å². The monoisotopic (exact) mass is 201 g/mol. The Hall–Kier alpha value is -0.770. The van der Waals surface area contributed by atoms with Gasteiger partial charge in [-0.1, -0.05) is 0 Å². The van der Waals surface area contributed by atoms with Crippen molar-refractivity contribution in [2.45, 2.75) is 45.3 Å². The van der Waals surface area contributed by atoms with Crippen LogP contribution in [0, 0.1) is 0 Å². The fourth-order valence-corrected chi connectivity index (χ4v) is 1.35. The van der Waals surface area contributed by atoms with E-state index in [1.165, 1.54) is 0 Å². The van der Waals surface area contributed by atoms with E-state index in [1.807, 2.05) is 20.8 Å². The van der Waals surface area contributed by atoms with Crippen molar-refractivity contribution in [3.63, 3.8) is 0 Å². The van der Waals surface area contributed by atoms with Gasteiger partial charge >= 0.3 is 6.16 Å². The first-order valence-corrected chi connectivity index (χ1v) is 5.06. The molecule has 4 nitrogen and oxygen atoms in total. The average Bonchev–Trinajstić information content (AvgIpc) is 2.49. The van der Waals surface area contributed by atoms with Crippen molar-refractivity contribution in [1.29, 1.82) is 0 Å². The predicted molar refractivity (Wildman–Crippen MR) is 53.2 cm³/mol. The van der Waals surface area contributed by atoms with Gasteiger partial charge in [0.25, 0.3) is 0 Å². The summed E-state index contributed by atoms with van der Waals surface area (Å²) in [7, 11) is 0. The summed E-state index contributed by atoms with van der Waals surface area (Å²) in [5.74, 6) is 0. The number of carbonyl (C=O) groups is 1. The topological polar surface area (TPSA) is 47.6 Å². The molecule has 1 saturated heterocycles. The lowest BCUT2D eigenvalue weighted by Gasteiger charge is -2.19. The van der Waals surface area contributed by atoms with Gasteiger partial charge in [0.1, 0.15) is 12.2 Å². The molecule has 1 fully saturated rings. The smallest absolute Gasteiger partial charge is 0.433 e. The van der Waals surface area contributed by atoms with Crippen molar-refractivity contribution in [3.8, 4) is 0 Å². The van der Waals surface area contributed by atoms with Crippen LogP contribution in [0.2, 0.25) is 0 Å². The highest BCUT2D eigenvalue weighted by molar-refractivity contribution is 5.60. The zero-order valence-corrected chi connectivity index (χ0v) is 9.13. The normalized spacial score (nSPS) is 22.1. The summed E-state index contributed by atoms with van der Waals surface area (Å²) in [5.41, 5.74) is -0.472. The lowest BCUT2D eigenvalue weighted by atomic mass is 10.2. The Kier molecular flexibility index (Phi) is 3.75. The SMILES string of the molecule is CC(C)(C)OC(=O)OC[C@@H]1CCCN1. The molecule has 0 radical (unpaired) electrons. The summed E-state index contributed by atoms with van der Waals surface area (Å²) >= 11 is 0. The standard InChI is InChI=1S/C10H19NO3/c1-10(2,3)14-9(12)13-7-8-5-4-6-11-8/h8,11H,4-7H2,1-3H3/t8-/m0/s1. The van der Waals surface area contributed by atoms with Crippen LogP contribution in [0.15, 0.2) is 0 Å². The van der Waals surface area contributed by atoms with Crippen LogP contribution in [0.1, 0.15) is 33.6 Å². The number of hydrogen-bond acceptors (Lipinski definition) is 4. The zero-order valence-electron chi connectivity index (χ0n) is 9.13. The minimum absolute atomic E-state index is 0.308. The highest BCUT2D eigenvalue weighted by Crippen LogP contribution is 2.10. The van der Waals surface area contributed by atoms with Gasteiger partial charge in [0, 0.05) is 6.04 Å². The Morgan fingerprint density at radius 2 is 2.21 bits per heavy atom. The third kappa shape index (κ3) is 4.46. The largest absolute Gasteiger partial charge is 0.508 e. The van der Waals surface area contributed by atoms with Crippen LogP contribution in [0.3, 0.4) is 0 Å². The lowest BCUT2D eigenvalue weighted by molar-refractivity contribution is -0.00994. The molecular formula is C10H19NO3. The highest BCUT2D eigenvalue weighted by atomic mass is 16.7. The van der Waals surface area contributed by atoms with E-state index in [4.69, 9.17) is 9.47 Å². The molecule has 0 aromatic rings. The second kappa shape index (κ2) is 4.64. The fourth-order valence-electron chi connectivity index (χ4n) is 1.35. The van der Waals surface area contributed by atoms with Crippen molar-refractivity contribution >= 4 is 6.16 Å². The summed E-state index contributed by atoms with van der Waals surface area (Å²) < 4.78 is 9.99. The van der Waals surface area contributed by atoms with Gasteiger partial charge in [-0.15, -0.1) is 0 Å². The van der Waals surface area contributed by atoms with Crippen LogP contribution in [0.5, 0.6) is 0 Å². The summed E-state index contributed by atoms with van der Waals surface area (Å²) in [5, 5.41) is 3.24. The van der Waals surface area contributed by atoms with Crippen molar-refractivity contribution in [1.82, 2.24) is 5.32 Å². The van der Waals surface area contributed by atoms with Gasteiger partial charge in [-0.3, -0.25) is 0 Å². The molecule has 0 unspecified atom stereocenters. The summed E-state index contributed by atoms with van der Waals surface area (Å²) in [6, 6.07) is 0.308. The molecule has 1 heterocycles. The maximum Gasteiger partial charge on any atom is 0.508 e. The zero-order chi connectivity index (χ0) is 10.6. The molecular weight excluding hydrogens is 182 g/mol. The second-order valence-corrected chi connectivity index (χ2v) is 4.57. The first-order chi connectivity index (χ1) is 6.47. The molecule has 1 aliphatic heterocycles. The number of carbonyl (C=O) groups excluding carboxylic acids is 1. The van der Waals surface area contributed by atoms with Crippen LogP contribution in [0.4, 0.5) is 4.79 Å². The molecule has 1 rings (SSSR count). The number of rotatable bonds is 2. The Morgan fingerprint density at radius 3 is 2.71 bits per heavy atom. The highest BCUT2D eigenvalue weighted by Gasteiger charge is 2.20. The van der Waals surface area contributed by atoms with E-state index in [2.05, 4.69) is 5.32 Å². The van der Waals surface area contributed by atoms with Gasteiger partial charge in [0.15, 0.2) is 0 Å². The average molecular weight is 201 g/mol. The molecule has 0 aromatic heterocycles. The molecule has 0 spiro atoms. The molecule has 0 aromatic carbocycles. The molecule has 1 aliphatic rings. The van der Waals surface area contributed by atoms with E-state index in [-0.39, 0.29) is 0 Å². The van der Waals surface area contributed by atoms with E-state index in [0.717, 1.165) is 19.4 Å². The first-order valence-electron chi connectivity index (χ1n) is 5.06. The van der Waals surface area contributed by atoms with Crippen LogP contribution in [0.25, 0.3) is 0 Å². The van der Waals surface area contributed by atoms with Crippen LogP contribution < -0.4 is 5.32 Å². The van der Waals surface area contributed by atoms with Gasteiger partial charge < -0.3 is 14.8 Å². The van der Waals surface area contributed by atoms with Crippen LogP contribution >= 0.6 is 0 Å². The first kappa shape index (κ1) is 11.3. The Balaban J connectivity index is 2.14. The van der Waals surface area contributed by atoms with E-state index in [0.29, 0.717) is 12.6 Å². The van der Waals surface area contributed by atoms with E-state index < -0.39 is 11.8 Å². The molecule has 82 valence electrons. The Morgan fingerprint density at radius 1 is 1.50 bits per heavy atom. The fraction of sp³-hybridized carbons (Fsp3) is 0.900. The van der Waals surface area contributed by atoms with Crippen LogP contribution in [-0.4, -0.2) is 30.9 Å². The molecule has 0 aliphatic carbocycles. The minimum Gasteiger partial charge on any atom is -0.433 e. The van der Waals surface area contributed by atoms with E-state index in [1.54, 1.807) is 0 Å². The molecule has 1 atom stereocenters. The molecule has 0 saturated carbocycles. The van der Waals surface area contributed by atoms with E-state index in [9.17, 15) is 4.79 Å². The maximum absolute atomic E-state index is 11.1. The number of hydrogen-bond donors (Lipinski definition) is 1. The molecule has 4 heteroatoms. The Bertz CT molecular complexity index is 192. The maximum atomic E-state index is 11.1. The molecule has 1 N–H and O–H groups in total. The molecule has 14 heavy (non-hydrogen) atoms. The third-order valence-electron chi connectivity index (χ3n) is 1.95. The van der Waals surface area contributed by atoms with Gasteiger partial charge in [-0.2, -0.15) is 0 Å². The quantitative estimate of drug-likeness (QED) is 0.691. The Labute approximate surface area is 85.0 Å². The third-order valence-corrected chi connectivity index (χ3v) is 1.95. The molecule has 0 amide bonds. The van der Waals surface area contributed by atoms with Gasteiger partial charge in [-0.25, -0.2) is 4.79 Å². The van der Waals surface area contributed by atoms with Crippen LogP contribution in [-0.2, 0) is 9.47 Å². The predicted octanol–water partition coefficient (Wildman–Crippen LogP) is 1.69. The van der Waals surface area contributed by atoms with Gasteiger partial charge in [0.05, 0.1) is 0 Å². The lowest BCUT2D eigenvalue weighted by Crippen LogP contribution is -2.31. The second-order valence-electron chi connectivity index (χ2n) is 4.57. The van der Waals surface area contributed by atoms with E-state index >= 15 is 0 Å². The van der Waals surface area contributed by atoms with Crippen molar-refractivity contribution in [2.24, 2.45) is 0 Å². The number of nitrogens with one attached hydrogen (secondary N) is 1. The summed E-state index contributed by atoms with van der Waals surface area (Å²) in [6.45, 7) is 6.89. The minimum atomic E-state index is -0.578. The van der Waals surface area contributed by atoms with Crippen molar-refractivity contribution in [2.75, 3.05) is 13.2 Å². The number of ether oxygens (including phenoxy) is 2. The van der Waals surface area contributed by atoms with Gasteiger partial charge in [0.2, 0.25) is 0 Å². The molecule has 0 bridgehead atoms. The summed E-state index contributed by atoms with van der Waals surface area (Å²) in [4.78, 5) is 11.1. The summed E-state index contributed by atoms with van der Waals surface area (Å²) in [6.07, 6.45) is 1.65. The van der Waals surface area contributed by atoms with Crippen molar-refractivity contribution in [3.05, 3.63) is 0 Å². The van der Waals surface area contributed by atoms with Gasteiger partial charge in [-0.05, 0) is 40.2 Å².